The first-order valence-electron chi connectivity index (χ1n) is 8.36. The molecule has 2 aromatic rings. The third-order valence-corrected chi connectivity index (χ3v) is 4.19. The van der Waals surface area contributed by atoms with Gasteiger partial charge in [0.2, 0.25) is 0 Å². The number of amides is 1. The highest BCUT2D eigenvalue weighted by molar-refractivity contribution is 6.30. The van der Waals surface area contributed by atoms with Crippen LogP contribution in [0.2, 0.25) is 5.02 Å². The van der Waals surface area contributed by atoms with Gasteiger partial charge in [-0.2, -0.15) is 0 Å². The molecule has 148 valence electrons. The Morgan fingerprint density at radius 2 is 1.96 bits per heavy atom. The van der Waals surface area contributed by atoms with Crippen LogP contribution >= 0.6 is 11.6 Å². The molecular weight excluding hydrogens is 386 g/mol. The summed E-state index contributed by atoms with van der Waals surface area (Å²) in [5.74, 6) is -1.32. The number of nitro benzene ring substituents is 1. The summed E-state index contributed by atoms with van der Waals surface area (Å²) in [5.41, 5.74) is 1.02. The van der Waals surface area contributed by atoms with Crippen molar-refractivity contribution in [3.05, 3.63) is 68.7 Å². The number of rotatable bonds is 7. The normalized spacial score (nSPS) is 11.4. The monoisotopic (exact) mass is 405 g/mol. The van der Waals surface area contributed by atoms with E-state index in [4.69, 9.17) is 16.3 Å². The summed E-state index contributed by atoms with van der Waals surface area (Å²) in [4.78, 5) is 36.5. The van der Waals surface area contributed by atoms with E-state index < -0.39 is 23.4 Å². The lowest BCUT2D eigenvalue weighted by atomic mass is 10.1. The second kappa shape index (κ2) is 9.18. The Labute approximate surface area is 167 Å². The average molecular weight is 406 g/mol. The molecule has 0 saturated heterocycles. The lowest BCUT2D eigenvalue weighted by Gasteiger charge is -2.17. The van der Waals surface area contributed by atoms with Crippen LogP contribution in [0.3, 0.4) is 0 Å². The molecule has 0 bridgehead atoms. The van der Waals surface area contributed by atoms with Crippen molar-refractivity contribution in [2.75, 3.05) is 25.6 Å². The first-order valence-corrected chi connectivity index (χ1v) is 8.74. The SMILES string of the molecule is C[C@H](NC(=O)COC(=O)c1cc([N+](=O)[O-])ccc1N(C)C)c1cccc(Cl)c1. The number of anilines is 1. The topological polar surface area (TPSA) is 102 Å². The summed E-state index contributed by atoms with van der Waals surface area (Å²) < 4.78 is 5.05. The smallest absolute Gasteiger partial charge is 0.341 e. The van der Waals surface area contributed by atoms with Gasteiger partial charge >= 0.3 is 5.97 Å². The van der Waals surface area contributed by atoms with E-state index in [1.165, 1.54) is 12.1 Å². The van der Waals surface area contributed by atoms with Gasteiger partial charge in [0.1, 0.15) is 0 Å². The first kappa shape index (κ1) is 21.2. The summed E-state index contributed by atoms with van der Waals surface area (Å²) in [6, 6.07) is 10.6. The molecule has 1 amide bonds. The third kappa shape index (κ3) is 5.43. The van der Waals surface area contributed by atoms with E-state index in [9.17, 15) is 19.7 Å². The van der Waals surface area contributed by atoms with Gasteiger partial charge in [0, 0.05) is 31.3 Å². The van der Waals surface area contributed by atoms with E-state index in [0.29, 0.717) is 10.7 Å². The maximum atomic E-state index is 12.4. The molecule has 9 heteroatoms. The minimum Gasteiger partial charge on any atom is -0.452 e. The molecule has 1 atom stereocenters. The van der Waals surface area contributed by atoms with Crippen molar-refractivity contribution < 1.29 is 19.2 Å². The molecule has 0 aliphatic carbocycles. The molecule has 0 aliphatic heterocycles. The van der Waals surface area contributed by atoms with Crippen LogP contribution in [0.1, 0.15) is 28.9 Å². The number of benzene rings is 2. The van der Waals surface area contributed by atoms with E-state index >= 15 is 0 Å². The van der Waals surface area contributed by atoms with Gasteiger partial charge in [0.15, 0.2) is 6.61 Å². The van der Waals surface area contributed by atoms with Gasteiger partial charge in [0.25, 0.3) is 11.6 Å². The van der Waals surface area contributed by atoms with Crippen LogP contribution in [-0.4, -0.2) is 37.5 Å². The van der Waals surface area contributed by atoms with E-state index in [-0.39, 0.29) is 17.3 Å². The standard InChI is InChI=1S/C19H20ClN3O5/c1-12(13-5-4-6-14(20)9-13)21-18(24)11-28-19(25)16-10-15(23(26)27)7-8-17(16)22(2)3/h4-10,12H,11H2,1-3H3,(H,21,24)/t12-/m0/s1. The Kier molecular flexibility index (Phi) is 6.94. The fourth-order valence-corrected chi connectivity index (χ4v) is 2.74. The minimum absolute atomic E-state index is 0.00916. The highest BCUT2D eigenvalue weighted by Crippen LogP contribution is 2.25. The number of nitrogens with zero attached hydrogens (tertiary/aromatic N) is 2. The summed E-state index contributed by atoms with van der Waals surface area (Å²) >= 11 is 5.94. The van der Waals surface area contributed by atoms with Crippen molar-refractivity contribution in [1.29, 1.82) is 0 Å². The molecule has 0 aliphatic rings. The van der Waals surface area contributed by atoms with Gasteiger partial charge in [-0.15, -0.1) is 0 Å². The highest BCUT2D eigenvalue weighted by Gasteiger charge is 2.20. The summed E-state index contributed by atoms with van der Waals surface area (Å²) in [5, 5.41) is 14.2. The Morgan fingerprint density at radius 3 is 2.57 bits per heavy atom. The summed E-state index contributed by atoms with van der Waals surface area (Å²) in [6.07, 6.45) is 0. The number of esters is 1. The van der Waals surface area contributed by atoms with Crippen LogP contribution < -0.4 is 10.2 Å². The Hall–Kier alpha value is -3.13. The van der Waals surface area contributed by atoms with E-state index in [2.05, 4.69) is 5.32 Å². The molecule has 0 spiro atoms. The predicted molar refractivity (Wildman–Crippen MR) is 106 cm³/mol. The average Bonchev–Trinajstić information content (AvgIpc) is 2.65. The van der Waals surface area contributed by atoms with Crippen molar-refractivity contribution in [2.24, 2.45) is 0 Å². The second-order valence-corrected chi connectivity index (χ2v) is 6.71. The third-order valence-electron chi connectivity index (χ3n) is 3.95. The summed E-state index contributed by atoms with van der Waals surface area (Å²) in [7, 11) is 3.38. The van der Waals surface area contributed by atoms with Gasteiger partial charge in [-0.05, 0) is 30.7 Å². The van der Waals surface area contributed by atoms with Crippen LogP contribution in [0.15, 0.2) is 42.5 Å². The number of halogens is 1. The number of ether oxygens (including phenoxy) is 1. The number of nitrogens with one attached hydrogen (secondary N) is 1. The maximum Gasteiger partial charge on any atom is 0.341 e. The quantitative estimate of drug-likeness (QED) is 0.430. The van der Waals surface area contributed by atoms with Crippen LogP contribution in [0.4, 0.5) is 11.4 Å². The molecule has 2 aromatic carbocycles. The largest absolute Gasteiger partial charge is 0.452 e. The zero-order valence-electron chi connectivity index (χ0n) is 15.6. The molecule has 8 nitrogen and oxygen atoms in total. The van der Waals surface area contributed by atoms with Crippen molar-refractivity contribution in [3.8, 4) is 0 Å². The second-order valence-electron chi connectivity index (χ2n) is 6.27. The molecule has 28 heavy (non-hydrogen) atoms. The van der Waals surface area contributed by atoms with E-state index in [1.807, 2.05) is 6.07 Å². The van der Waals surface area contributed by atoms with Gasteiger partial charge in [-0.25, -0.2) is 4.79 Å². The van der Waals surface area contributed by atoms with Crippen molar-refractivity contribution in [1.82, 2.24) is 5.32 Å². The number of nitro groups is 1. The van der Waals surface area contributed by atoms with Crippen LogP contribution in [0.25, 0.3) is 0 Å². The number of carbonyl (C=O) groups excluding carboxylic acids is 2. The van der Waals surface area contributed by atoms with Crippen molar-refractivity contribution in [2.45, 2.75) is 13.0 Å². The van der Waals surface area contributed by atoms with Crippen molar-refractivity contribution >= 4 is 34.9 Å². The molecule has 0 heterocycles. The fourth-order valence-electron chi connectivity index (χ4n) is 2.54. The van der Waals surface area contributed by atoms with Gasteiger partial charge in [-0.1, -0.05) is 23.7 Å². The number of non-ortho nitro benzene ring substituents is 1. The Balaban J connectivity index is 2.04. The molecule has 1 N–H and O–H groups in total. The van der Waals surface area contributed by atoms with E-state index in [0.717, 1.165) is 11.6 Å². The fraction of sp³-hybridized carbons (Fsp3) is 0.263. The molecule has 0 unspecified atom stereocenters. The zero-order valence-corrected chi connectivity index (χ0v) is 16.4. The molecular formula is C19H20ClN3O5. The maximum absolute atomic E-state index is 12.4. The van der Waals surface area contributed by atoms with Gasteiger partial charge in [0.05, 0.1) is 22.2 Å². The molecule has 2 rings (SSSR count). The van der Waals surface area contributed by atoms with Gasteiger partial charge < -0.3 is 15.0 Å². The number of hydrogen-bond donors (Lipinski definition) is 1. The highest BCUT2D eigenvalue weighted by atomic mass is 35.5. The van der Waals surface area contributed by atoms with Gasteiger partial charge in [-0.3, -0.25) is 14.9 Å². The van der Waals surface area contributed by atoms with E-state index in [1.54, 1.807) is 44.1 Å². The first-order chi connectivity index (χ1) is 13.2. The molecule has 0 fully saturated rings. The molecule has 0 saturated carbocycles. The number of hydrogen-bond acceptors (Lipinski definition) is 6. The Bertz CT molecular complexity index is 901. The van der Waals surface area contributed by atoms with Crippen LogP contribution in [0, 0.1) is 10.1 Å². The van der Waals surface area contributed by atoms with Crippen LogP contribution in [-0.2, 0) is 9.53 Å². The lowest BCUT2D eigenvalue weighted by Crippen LogP contribution is -2.31. The predicted octanol–water partition coefficient (Wildman–Crippen LogP) is 3.35. The number of carbonyl (C=O) groups is 2. The molecule has 0 radical (unpaired) electrons. The minimum atomic E-state index is -0.821. The lowest BCUT2D eigenvalue weighted by molar-refractivity contribution is -0.384. The van der Waals surface area contributed by atoms with Crippen LogP contribution in [0.5, 0.6) is 0 Å². The zero-order chi connectivity index (χ0) is 20.8. The van der Waals surface area contributed by atoms with Crippen molar-refractivity contribution in [3.63, 3.8) is 0 Å². The Morgan fingerprint density at radius 1 is 1.25 bits per heavy atom. The summed E-state index contributed by atoms with van der Waals surface area (Å²) in [6.45, 7) is 1.26. The molecule has 0 aromatic heterocycles.